The number of hydrogen-bond donors (Lipinski definition) is 2. The van der Waals surface area contributed by atoms with Gasteiger partial charge in [-0.05, 0) is 42.8 Å². The SMILES string of the molecule is COc1cc(Cl)c(C)cc1N1C(=O)C[C@@H](Nc2ccc(NC(C)=O)cc2)C1=O. The summed E-state index contributed by atoms with van der Waals surface area (Å²) in [7, 11) is 1.46. The first-order chi connectivity index (χ1) is 13.3. The molecule has 2 aromatic rings. The van der Waals surface area contributed by atoms with E-state index in [4.69, 9.17) is 16.3 Å². The van der Waals surface area contributed by atoms with Gasteiger partial charge in [-0.2, -0.15) is 0 Å². The number of benzene rings is 2. The van der Waals surface area contributed by atoms with Crippen molar-refractivity contribution in [3.05, 3.63) is 47.0 Å². The number of hydrogen-bond acceptors (Lipinski definition) is 5. The molecule has 2 aromatic carbocycles. The highest BCUT2D eigenvalue weighted by Crippen LogP contribution is 2.36. The summed E-state index contributed by atoms with van der Waals surface area (Å²) in [6.45, 7) is 3.22. The van der Waals surface area contributed by atoms with Gasteiger partial charge in [-0.3, -0.25) is 14.4 Å². The van der Waals surface area contributed by atoms with E-state index in [1.165, 1.54) is 14.0 Å². The van der Waals surface area contributed by atoms with Gasteiger partial charge >= 0.3 is 0 Å². The fraction of sp³-hybridized carbons (Fsp3) is 0.250. The lowest BCUT2D eigenvalue weighted by Gasteiger charge is -2.20. The molecule has 28 heavy (non-hydrogen) atoms. The van der Waals surface area contributed by atoms with Crippen LogP contribution in [-0.4, -0.2) is 30.9 Å². The fourth-order valence-corrected chi connectivity index (χ4v) is 3.19. The van der Waals surface area contributed by atoms with Gasteiger partial charge in [0.25, 0.3) is 5.91 Å². The van der Waals surface area contributed by atoms with Gasteiger partial charge in [-0.15, -0.1) is 0 Å². The van der Waals surface area contributed by atoms with Crippen LogP contribution in [-0.2, 0) is 14.4 Å². The molecule has 8 heteroatoms. The van der Waals surface area contributed by atoms with Gasteiger partial charge in [0.05, 0.1) is 19.2 Å². The maximum atomic E-state index is 12.9. The first kappa shape index (κ1) is 19.7. The summed E-state index contributed by atoms with van der Waals surface area (Å²) in [5.41, 5.74) is 2.43. The van der Waals surface area contributed by atoms with E-state index in [1.807, 2.05) is 0 Å². The Kier molecular flexibility index (Phi) is 5.56. The third-order valence-electron chi connectivity index (χ3n) is 4.39. The van der Waals surface area contributed by atoms with Crippen molar-refractivity contribution in [2.75, 3.05) is 22.6 Å². The van der Waals surface area contributed by atoms with Gasteiger partial charge in [-0.25, -0.2) is 4.90 Å². The molecule has 146 valence electrons. The summed E-state index contributed by atoms with van der Waals surface area (Å²) in [4.78, 5) is 37.7. The van der Waals surface area contributed by atoms with Crippen LogP contribution in [0.4, 0.5) is 17.1 Å². The van der Waals surface area contributed by atoms with Crippen LogP contribution in [0.1, 0.15) is 18.9 Å². The van der Waals surface area contributed by atoms with E-state index in [0.717, 1.165) is 10.5 Å². The number of imide groups is 1. The zero-order valence-corrected chi connectivity index (χ0v) is 16.5. The van der Waals surface area contributed by atoms with Gasteiger partial charge in [0.1, 0.15) is 11.8 Å². The molecule has 1 aliphatic heterocycles. The number of carbonyl (C=O) groups is 3. The van der Waals surface area contributed by atoms with E-state index in [1.54, 1.807) is 43.3 Å². The minimum absolute atomic E-state index is 0.0249. The normalized spacial score (nSPS) is 16.3. The summed E-state index contributed by atoms with van der Waals surface area (Å²) in [6, 6.07) is 9.47. The van der Waals surface area contributed by atoms with Crippen molar-refractivity contribution in [3.63, 3.8) is 0 Å². The second-order valence-corrected chi connectivity index (χ2v) is 6.91. The maximum Gasteiger partial charge on any atom is 0.256 e. The first-order valence-electron chi connectivity index (χ1n) is 8.65. The number of nitrogens with one attached hydrogen (secondary N) is 2. The van der Waals surface area contributed by atoms with Crippen molar-refractivity contribution in [3.8, 4) is 5.75 Å². The summed E-state index contributed by atoms with van der Waals surface area (Å²) in [5, 5.41) is 6.24. The zero-order valence-electron chi connectivity index (χ0n) is 15.7. The predicted molar refractivity (Wildman–Crippen MR) is 108 cm³/mol. The van der Waals surface area contributed by atoms with Crippen LogP contribution < -0.4 is 20.3 Å². The smallest absolute Gasteiger partial charge is 0.256 e. The molecule has 0 spiro atoms. The maximum absolute atomic E-state index is 12.9. The second kappa shape index (κ2) is 7.90. The van der Waals surface area contributed by atoms with Crippen molar-refractivity contribution in [1.29, 1.82) is 0 Å². The van der Waals surface area contributed by atoms with Crippen LogP contribution in [0.15, 0.2) is 36.4 Å². The molecule has 0 unspecified atom stereocenters. The molecule has 1 heterocycles. The van der Waals surface area contributed by atoms with E-state index in [0.29, 0.717) is 27.8 Å². The van der Waals surface area contributed by atoms with Gasteiger partial charge in [0.2, 0.25) is 11.8 Å². The standard InChI is InChI=1S/C20H20ClN3O4/c1-11-8-17(18(28-3)9-15(11)21)24-19(26)10-16(20(24)27)23-14-6-4-13(5-7-14)22-12(2)25/h4-9,16,23H,10H2,1-3H3,(H,22,25)/t16-/m1/s1. The van der Waals surface area contributed by atoms with Crippen LogP contribution in [0.3, 0.4) is 0 Å². The molecule has 0 radical (unpaired) electrons. The summed E-state index contributed by atoms with van der Waals surface area (Å²) < 4.78 is 5.30. The molecule has 3 amide bonds. The second-order valence-electron chi connectivity index (χ2n) is 6.50. The lowest BCUT2D eigenvalue weighted by atomic mass is 10.2. The van der Waals surface area contributed by atoms with Crippen LogP contribution in [0.2, 0.25) is 5.02 Å². The third-order valence-corrected chi connectivity index (χ3v) is 4.80. The molecular weight excluding hydrogens is 382 g/mol. The Morgan fingerprint density at radius 3 is 2.43 bits per heavy atom. The van der Waals surface area contributed by atoms with Crippen LogP contribution in [0.5, 0.6) is 5.75 Å². The number of aryl methyl sites for hydroxylation is 1. The average molecular weight is 402 g/mol. The number of rotatable bonds is 5. The third kappa shape index (κ3) is 3.94. The van der Waals surface area contributed by atoms with Crippen LogP contribution in [0, 0.1) is 6.92 Å². The number of amides is 3. The summed E-state index contributed by atoms with van der Waals surface area (Å²) in [5.74, 6) is -0.494. The molecule has 1 saturated heterocycles. The minimum atomic E-state index is -0.695. The molecule has 0 saturated carbocycles. The monoisotopic (exact) mass is 401 g/mol. The Hall–Kier alpha value is -3.06. The number of ether oxygens (including phenoxy) is 1. The van der Waals surface area contributed by atoms with Gasteiger partial charge in [0, 0.05) is 29.4 Å². The lowest BCUT2D eigenvalue weighted by molar-refractivity contribution is -0.121. The largest absolute Gasteiger partial charge is 0.495 e. The van der Waals surface area contributed by atoms with E-state index in [-0.39, 0.29) is 24.1 Å². The Bertz CT molecular complexity index is 943. The van der Waals surface area contributed by atoms with E-state index < -0.39 is 6.04 Å². The summed E-state index contributed by atoms with van der Waals surface area (Å²) >= 11 is 6.12. The van der Waals surface area contributed by atoms with E-state index in [2.05, 4.69) is 10.6 Å². The summed E-state index contributed by atoms with van der Waals surface area (Å²) in [6.07, 6.45) is 0.0249. The molecule has 1 aliphatic rings. The predicted octanol–water partition coefficient (Wildman–Crippen LogP) is 3.36. The number of nitrogens with zero attached hydrogens (tertiary/aromatic N) is 1. The number of carbonyl (C=O) groups excluding carboxylic acids is 3. The Morgan fingerprint density at radius 2 is 1.82 bits per heavy atom. The van der Waals surface area contributed by atoms with Gasteiger partial charge in [0.15, 0.2) is 0 Å². The molecule has 0 aromatic heterocycles. The number of methoxy groups -OCH3 is 1. The highest BCUT2D eigenvalue weighted by atomic mass is 35.5. The Balaban J connectivity index is 1.81. The molecule has 0 aliphatic carbocycles. The molecular formula is C20H20ClN3O4. The molecule has 7 nitrogen and oxygen atoms in total. The Labute approximate surface area is 167 Å². The van der Waals surface area contributed by atoms with Crippen molar-refractivity contribution in [2.24, 2.45) is 0 Å². The van der Waals surface area contributed by atoms with E-state index in [9.17, 15) is 14.4 Å². The first-order valence-corrected chi connectivity index (χ1v) is 9.03. The van der Waals surface area contributed by atoms with Crippen molar-refractivity contribution in [1.82, 2.24) is 0 Å². The lowest BCUT2D eigenvalue weighted by Crippen LogP contribution is -2.35. The van der Waals surface area contributed by atoms with Crippen molar-refractivity contribution < 1.29 is 19.1 Å². The minimum Gasteiger partial charge on any atom is -0.495 e. The molecule has 3 rings (SSSR count). The molecule has 2 N–H and O–H groups in total. The van der Waals surface area contributed by atoms with Crippen LogP contribution >= 0.6 is 11.6 Å². The quantitative estimate of drug-likeness (QED) is 0.750. The number of anilines is 3. The van der Waals surface area contributed by atoms with Crippen molar-refractivity contribution >= 4 is 46.4 Å². The topological polar surface area (TPSA) is 87.7 Å². The zero-order chi connectivity index (χ0) is 20.4. The highest BCUT2D eigenvalue weighted by molar-refractivity contribution is 6.32. The highest BCUT2D eigenvalue weighted by Gasteiger charge is 2.41. The van der Waals surface area contributed by atoms with Crippen molar-refractivity contribution in [2.45, 2.75) is 26.3 Å². The molecule has 1 fully saturated rings. The molecule has 1 atom stereocenters. The fourth-order valence-electron chi connectivity index (χ4n) is 3.04. The van der Waals surface area contributed by atoms with Gasteiger partial charge < -0.3 is 15.4 Å². The van der Waals surface area contributed by atoms with E-state index >= 15 is 0 Å². The number of halogens is 1. The van der Waals surface area contributed by atoms with Gasteiger partial charge in [-0.1, -0.05) is 11.6 Å². The molecule has 0 bridgehead atoms. The van der Waals surface area contributed by atoms with Crippen LogP contribution in [0.25, 0.3) is 0 Å². The average Bonchev–Trinajstić information content (AvgIpc) is 2.91. The Morgan fingerprint density at radius 1 is 1.18 bits per heavy atom.